The Balaban J connectivity index is 1.90. The van der Waals surface area contributed by atoms with Crippen molar-refractivity contribution < 1.29 is 5.11 Å². The fourth-order valence-electron chi connectivity index (χ4n) is 1.84. The Morgan fingerprint density at radius 2 is 1.58 bits per heavy atom. The molecule has 1 unspecified atom stereocenters. The Hall–Kier alpha value is -0.180. The smallest absolute Gasteiger partial charge is 0.0924 e. The molecule has 4 heteroatoms. The van der Waals surface area contributed by atoms with Gasteiger partial charge < -0.3 is 10.4 Å². The molecule has 2 N–H and O–H groups in total. The maximum absolute atomic E-state index is 10.2. The Morgan fingerprint density at radius 3 is 2.26 bits per heavy atom. The summed E-state index contributed by atoms with van der Waals surface area (Å²) in [5, 5.41) is 13.5. The molecular weight excluding hydrogens is 464 g/mol. The van der Waals surface area contributed by atoms with E-state index in [-0.39, 0.29) is 0 Å². The van der Waals surface area contributed by atoms with Crippen LogP contribution in [0.25, 0.3) is 0 Å². The van der Waals surface area contributed by atoms with Crippen molar-refractivity contribution in [2.24, 2.45) is 0 Å². The first-order chi connectivity index (χ1) is 9.18. The molecule has 2 nitrogen and oxygen atoms in total. The van der Waals surface area contributed by atoms with Gasteiger partial charge in [0, 0.05) is 20.2 Å². The van der Waals surface area contributed by atoms with Crippen LogP contribution in [-0.2, 0) is 6.54 Å². The largest absolute Gasteiger partial charge is 0.387 e. The Bertz CT molecular complexity index is 545. The zero-order valence-electron chi connectivity index (χ0n) is 10.3. The van der Waals surface area contributed by atoms with Crippen molar-refractivity contribution in [3.05, 3.63) is 66.8 Å². The topological polar surface area (TPSA) is 32.3 Å². The average Bonchev–Trinajstić information content (AvgIpc) is 2.41. The second-order valence-electron chi connectivity index (χ2n) is 4.26. The molecule has 0 saturated heterocycles. The van der Waals surface area contributed by atoms with Gasteiger partial charge in [0.1, 0.15) is 0 Å². The van der Waals surface area contributed by atoms with E-state index in [1.165, 1.54) is 9.13 Å². The highest BCUT2D eigenvalue weighted by Gasteiger charge is 2.10. The van der Waals surface area contributed by atoms with Crippen molar-refractivity contribution in [1.29, 1.82) is 0 Å². The summed E-state index contributed by atoms with van der Waals surface area (Å²) < 4.78 is 2.35. The minimum Gasteiger partial charge on any atom is -0.387 e. The number of nitrogens with one attached hydrogen (secondary N) is 1. The highest BCUT2D eigenvalue weighted by atomic mass is 127. The summed E-state index contributed by atoms with van der Waals surface area (Å²) in [4.78, 5) is 0. The zero-order chi connectivity index (χ0) is 13.7. The third kappa shape index (κ3) is 4.40. The second-order valence-corrected chi connectivity index (χ2v) is 6.58. The first-order valence-electron chi connectivity index (χ1n) is 6.05. The van der Waals surface area contributed by atoms with E-state index < -0.39 is 6.10 Å². The molecule has 2 aromatic carbocycles. The fourth-order valence-corrected chi connectivity index (χ4v) is 3.17. The molecule has 0 fully saturated rings. The predicted octanol–water partition coefficient (Wildman–Crippen LogP) is 3.72. The molecule has 0 aliphatic heterocycles. The molecule has 0 aromatic heterocycles. The second kappa shape index (κ2) is 7.56. The van der Waals surface area contributed by atoms with Crippen LogP contribution in [0.5, 0.6) is 0 Å². The number of halogens is 2. The van der Waals surface area contributed by atoms with Gasteiger partial charge in [-0.1, -0.05) is 36.4 Å². The number of hydrogen-bond acceptors (Lipinski definition) is 2. The van der Waals surface area contributed by atoms with Crippen molar-refractivity contribution in [1.82, 2.24) is 5.32 Å². The lowest BCUT2D eigenvalue weighted by Crippen LogP contribution is -2.22. The van der Waals surface area contributed by atoms with Crippen LogP contribution in [-0.4, -0.2) is 11.7 Å². The van der Waals surface area contributed by atoms with Gasteiger partial charge in [-0.3, -0.25) is 0 Å². The first-order valence-corrected chi connectivity index (χ1v) is 8.21. The molecule has 0 amide bonds. The minimum absolute atomic E-state index is 0.463. The van der Waals surface area contributed by atoms with Crippen molar-refractivity contribution in [2.45, 2.75) is 12.6 Å². The van der Waals surface area contributed by atoms with Gasteiger partial charge in [-0.2, -0.15) is 0 Å². The Morgan fingerprint density at radius 1 is 0.947 bits per heavy atom. The van der Waals surface area contributed by atoms with Gasteiger partial charge in [-0.05, 0) is 68.4 Å². The van der Waals surface area contributed by atoms with Crippen LogP contribution in [0.2, 0.25) is 0 Å². The molecule has 100 valence electrons. The van der Waals surface area contributed by atoms with Crippen molar-refractivity contribution in [2.75, 3.05) is 6.54 Å². The van der Waals surface area contributed by atoms with Gasteiger partial charge >= 0.3 is 0 Å². The van der Waals surface area contributed by atoms with E-state index in [2.05, 4.69) is 62.6 Å². The standard InChI is InChI=1S/C15H15I2NO/c16-13-7-3-1-5-11(13)9-18-10-15(19)12-6-2-4-8-14(12)17/h1-8,15,18-19H,9-10H2. The molecule has 0 spiro atoms. The van der Waals surface area contributed by atoms with Crippen LogP contribution in [0, 0.1) is 7.14 Å². The molecule has 1 atom stereocenters. The molecule has 0 bridgehead atoms. The number of benzene rings is 2. The third-order valence-electron chi connectivity index (χ3n) is 2.88. The number of aliphatic hydroxyl groups excluding tert-OH is 1. The van der Waals surface area contributed by atoms with E-state index in [4.69, 9.17) is 0 Å². The van der Waals surface area contributed by atoms with Gasteiger partial charge in [-0.15, -0.1) is 0 Å². The summed E-state index contributed by atoms with van der Waals surface area (Å²) in [6, 6.07) is 16.2. The molecule has 0 aliphatic rings. The molecule has 0 radical (unpaired) electrons. The van der Waals surface area contributed by atoms with E-state index >= 15 is 0 Å². The Kier molecular flexibility index (Phi) is 6.06. The lowest BCUT2D eigenvalue weighted by atomic mass is 10.1. The summed E-state index contributed by atoms with van der Waals surface area (Å²) in [6.45, 7) is 1.34. The van der Waals surface area contributed by atoms with E-state index in [1.54, 1.807) is 0 Å². The van der Waals surface area contributed by atoms with Gasteiger partial charge in [0.05, 0.1) is 6.10 Å². The molecule has 0 aliphatic carbocycles. The zero-order valence-corrected chi connectivity index (χ0v) is 14.6. The van der Waals surface area contributed by atoms with Crippen molar-refractivity contribution in [3.8, 4) is 0 Å². The minimum atomic E-state index is -0.463. The maximum atomic E-state index is 10.2. The molecule has 0 heterocycles. The van der Waals surface area contributed by atoms with Gasteiger partial charge in [0.15, 0.2) is 0 Å². The molecule has 2 aromatic rings. The molecule has 19 heavy (non-hydrogen) atoms. The lowest BCUT2D eigenvalue weighted by Gasteiger charge is -2.14. The Labute approximate surface area is 140 Å². The van der Waals surface area contributed by atoms with E-state index in [9.17, 15) is 5.11 Å². The quantitative estimate of drug-likeness (QED) is 0.642. The van der Waals surface area contributed by atoms with E-state index in [0.717, 1.165) is 15.7 Å². The summed E-state index contributed by atoms with van der Waals surface area (Å²) in [7, 11) is 0. The van der Waals surface area contributed by atoms with Crippen molar-refractivity contribution >= 4 is 45.2 Å². The summed E-state index contributed by atoms with van der Waals surface area (Å²) in [6.07, 6.45) is -0.463. The summed E-state index contributed by atoms with van der Waals surface area (Å²) in [5.74, 6) is 0. The van der Waals surface area contributed by atoms with Gasteiger partial charge in [-0.25, -0.2) is 0 Å². The summed E-state index contributed by atoms with van der Waals surface area (Å²) in [5.41, 5.74) is 2.25. The number of rotatable bonds is 5. The highest BCUT2D eigenvalue weighted by molar-refractivity contribution is 14.1. The molecule has 2 rings (SSSR count). The van der Waals surface area contributed by atoms with Crippen molar-refractivity contribution in [3.63, 3.8) is 0 Å². The maximum Gasteiger partial charge on any atom is 0.0924 e. The average molecular weight is 479 g/mol. The normalized spacial score (nSPS) is 12.4. The first kappa shape index (κ1) is 15.2. The van der Waals surface area contributed by atoms with Gasteiger partial charge in [0.2, 0.25) is 0 Å². The predicted molar refractivity (Wildman–Crippen MR) is 95.0 cm³/mol. The fraction of sp³-hybridized carbons (Fsp3) is 0.200. The van der Waals surface area contributed by atoms with E-state index in [0.29, 0.717) is 6.54 Å². The lowest BCUT2D eigenvalue weighted by molar-refractivity contribution is 0.173. The van der Waals surface area contributed by atoms with Crippen LogP contribution in [0.15, 0.2) is 48.5 Å². The molecule has 0 saturated carbocycles. The summed E-state index contributed by atoms with van der Waals surface area (Å²) >= 11 is 4.59. The highest BCUT2D eigenvalue weighted by Crippen LogP contribution is 2.19. The van der Waals surface area contributed by atoms with Crippen LogP contribution >= 0.6 is 45.2 Å². The van der Waals surface area contributed by atoms with E-state index in [1.807, 2.05) is 36.4 Å². The number of aliphatic hydroxyl groups is 1. The van der Waals surface area contributed by atoms with Gasteiger partial charge in [0.25, 0.3) is 0 Å². The van der Waals surface area contributed by atoms with Crippen LogP contribution in [0.3, 0.4) is 0 Å². The monoisotopic (exact) mass is 479 g/mol. The van der Waals surface area contributed by atoms with Crippen LogP contribution in [0.4, 0.5) is 0 Å². The third-order valence-corrected chi connectivity index (χ3v) is 4.91. The SMILES string of the molecule is OC(CNCc1ccccc1I)c1ccccc1I. The van der Waals surface area contributed by atoms with Crippen LogP contribution in [0.1, 0.15) is 17.2 Å². The molecular formula is C15H15I2NO. The number of hydrogen-bond donors (Lipinski definition) is 2. The van der Waals surface area contributed by atoms with Crippen LogP contribution < -0.4 is 5.32 Å².